The average molecular weight is 132 g/mol. The van der Waals surface area contributed by atoms with Gasteiger partial charge in [0, 0.05) is 6.42 Å². The lowest BCUT2D eigenvalue weighted by Gasteiger charge is -1.79. The van der Waals surface area contributed by atoms with Crippen LogP contribution in [0.3, 0.4) is 0 Å². The van der Waals surface area contributed by atoms with Gasteiger partial charge in [-0.05, 0) is 11.6 Å². The molecule has 1 aromatic rings. The Morgan fingerprint density at radius 3 is 2.88 bits per heavy atom. The highest BCUT2D eigenvalue weighted by atomic mass is 35.5. The smallest absolute Gasteiger partial charge is 0.213 e. The maximum atomic E-state index is 5.41. The summed E-state index contributed by atoms with van der Waals surface area (Å²) in [5.41, 5.74) is 0. The second-order valence-corrected chi connectivity index (χ2v) is 1.78. The van der Waals surface area contributed by atoms with E-state index in [9.17, 15) is 0 Å². The highest BCUT2D eigenvalue weighted by molar-refractivity contribution is 6.28. The molecule has 0 bridgehead atoms. The zero-order valence-corrected chi connectivity index (χ0v) is 5.27. The molecule has 0 unspecified atom stereocenters. The summed E-state index contributed by atoms with van der Waals surface area (Å²) in [6.45, 7) is 1.96. The molecular weight excluding hydrogens is 126 g/mol. The number of aromatic nitrogens is 1. The standard InChI is InChI=1S/C5H6ClNO/c1-2-5-7-3-4(6)8-5/h3H,2H2,1H3. The second kappa shape index (κ2) is 2.18. The number of hydrogen-bond donors (Lipinski definition) is 0. The van der Waals surface area contributed by atoms with Crippen LogP contribution in [0.1, 0.15) is 12.8 Å². The Hall–Kier alpha value is -0.500. The summed E-state index contributed by atoms with van der Waals surface area (Å²) in [7, 11) is 0. The van der Waals surface area contributed by atoms with Crippen LogP contribution in [0.2, 0.25) is 5.22 Å². The van der Waals surface area contributed by atoms with Gasteiger partial charge in [0.25, 0.3) is 0 Å². The Balaban J connectivity index is 2.84. The lowest BCUT2D eigenvalue weighted by atomic mass is 10.5. The van der Waals surface area contributed by atoms with E-state index < -0.39 is 0 Å². The fourth-order valence-electron chi connectivity index (χ4n) is 0.451. The van der Waals surface area contributed by atoms with Gasteiger partial charge in [0.15, 0.2) is 5.89 Å². The van der Waals surface area contributed by atoms with Gasteiger partial charge in [0.1, 0.15) is 0 Å². The van der Waals surface area contributed by atoms with Crippen molar-refractivity contribution < 1.29 is 4.42 Å². The first-order valence-corrected chi connectivity index (χ1v) is 2.81. The van der Waals surface area contributed by atoms with Crippen LogP contribution in [-0.4, -0.2) is 4.98 Å². The Labute approximate surface area is 52.5 Å². The van der Waals surface area contributed by atoms with Crippen LogP contribution >= 0.6 is 11.6 Å². The van der Waals surface area contributed by atoms with E-state index in [-0.39, 0.29) is 0 Å². The SMILES string of the molecule is CCc1ncc(Cl)o1. The van der Waals surface area contributed by atoms with Crippen molar-refractivity contribution in [2.24, 2.45) is 0 Å². The molecule has 0 N–H and O–H groups in total. The fraction of sp³-hybridized carbons (Fsp3) is 0.400. The number of hydrogen-bond acceptors (Lipinski definition) is 2. The zero-order valence-electron chi connectivity index (χ0n) is 4.52. The molecule has 0 aliphatic carbocycles. The lowest BCUT2D eigenvalue weighted by molar-refractivity contribution is 0.503. The van der Waals surface area contributed by atoms with Gasteiger partial charge in [-0.3, -0.25) is 0 Å². The third kappa shape index (κ3) is 1.01. The second-order valence-electron chi connectivity index (χ2n) is 1.41. The molecule has 0 radical (unpaired) electrons. The Bertz CT molecular complexity index is 173. The normalized spacial score (nSPS) is 9.75. The van der Waals surface area contributed by atoms with Gasteiger partial charge >= 0.3 is 0 Å². The third-order valence-electron chi connectivity index (χ3n) is 0.828. The molecule has 1 rings (SSSR count). The van der Waals surface area contributed by atoms with E-state index in [4.69, 9.17) is 16.0 Å². The van der Waals surface area contributed by atoms with Crippen molar-refractivity contribution in [3.63, 3.8) is 0 Å². The van der Waals surface area contributed by atoms with E-state index in [1.807, 2.05) is 6.92 Å². The minimum absolute atomic E-state index is 0.363. The first-order valence-electron chi connectivity index (χ1n) is 2.43. The van der Waals surface area contributed by atoms with Crippen molar-refractivity contribution in [1.29, 1.82) is 0 Å². The maximum Gasteiger partial charge on any atom is 0.213 e. The van der Waals surface area contributed by atoms with Crippen molar-refractivity contribution >= 4 is 11.6 Å². The van der Waals surface area contributed by atoms with Gasteiger partial charge in [0.2, 0.25) is 5.22 Å². The Kier molecular flexibility index (Phi) is 1.53. The van der Waals surface area contributed by atoms with Crippen molar-refractivity contribution in [3.8, 4) is 0 Å². The highest BCUT2D eigenvalue weighted by Crippen LogP contribution is 2.08. The highest BCUT2D eigenvalue weighted by Gasteiger charge is 1.94. The van der Waals surface area contributed by atoms with Crippen LogP contribution in [0, 0.1) is 0 Å². The quantitative estimate of drug-likeness (QED) is 0.582. The molecule has 0 amide bonds. The van der Waals surface area contributed by atoms with Gasteiger partial charge in [0.05, 0.1) is 6.20 Å². The van der Waals surface area contributed by atoms with Crippen LogP contribution in [0.15, 0.2) is 10.6 Å². The number of aryl methyl sites for hydroxylation is 1. The summed E-state index contributed by atoms with van der Waals surface area (Å²) in [4.78, 5) is 3.84. The summed E-state index contributed by atoms with van der Waals surface area (Å²) in [5, 5.41) is 0.363. The Morgan fingerprint density at radius 2 is 2.62 bits per heavy atom. The number of oxazole rings is 1. The molecule has 0 aliphatic heterocycles. The number of nitrogens with zero attached hydrogens (tertiary/aromatic N) is 1. The minimum atomic E-state index is 0.363. The van der Waals surface area contributed by atoms with E-state index in [1.54, 1.807) is 0 Å². The molecule has 0 aromatic carbocycles. The molecular formula is C5H6ClNO. The Morgan fingerprint density at radius 1 is 1.88 bits per heavy atom. The van der Waals surface area contributed by atoms with Crippen LogP contribution in [0.25, 0.3) is 0 Å². The predicted octanol–water partition coefficient (Wildman–Crippen LogP) is 1.89. The van der Waals surface area contributed by atoms with Gasteiger partial charge < -0.3 is 4.42 Å². The van der Waals surface area contributed by atoms with E-state index in [2.05, 4.69) is 4.98 Å². The first-order chi connectivity index (χ1) is 3.83. The van der Waals surface area contributed by atoms with Gasteiger partial charge in [-0.15, -0.1) is 0 Å². The molecule has 0 saturated heterocycles. The topological polar surface area (TPSA) is 26.0 Å². The van der Waals surface area contributed by atoms with Gasteiger partial charge in [-0.1, -0.05) is 6.92 Å². The van der Waals surface area contributed by atoms with Crippen LogP contribution in [-0.2, 0) is 6.42 Å². The summed E-state index contributed by atoms with van der Waals surface area (Å²) in [6.07, 6.45) is 2.30. The van der Waals surface area contributed by atoms with Crippen LogP contribution in [0.4, 0.5) is 0 Å². The van der Waals surface area contributed by atoms with Crippen molar-refractivity contribution in [2.75, 3.05) is 0 Å². The molecule has 3 heteroatoms. The molecule has 0 atom stereocenters. The largest absolute Gasteiger partial charge is 0.429 e. The number of halogens is 1. The zero-order chi connectivity index (χ0) is 5.98. The van der Waals surface area contributed by atoms with E-state index >= 15 is 0 Å². The summed E-state index contributed by atoms with van der Waals surface area (Å²) < 4.78 is 4.89. The minimum Gasteiger partial charge on any atom is -0.429 e. The molecule has 2 nitrogen and oxygen atoms in total. The van der Waals surface area contributed by atoms with Crippen LogP contribution in [0.5, 0.6) is 0 Å². The predicted molar refractivity (Wildman–Crippen MR) is 30.9 cm³/mol. The summed E-state index contributed by atoms with van der Waals surface area (Å²) in [5.74, 6) is 0.690. The molecule has 0 spiro atoms. The van der Waals surface area contributed by atoms with Gasteiger partial charge in [-0.2, -0.15) is 0 Å². The maximum absolute atomic E-state index is 5.41. The van der Waals surface area contributed by atoms with E-state index in [0.717, 1.165) is 6.42 Å². The monoisotopic (exact) mass is 131 g/mol. The van der Waals surface area contributed by atoms with Gasteiger partial charge in [-0.25, -0.2) is 4.98 Å². The van der Waals surface area contributed by atoms with Crippen molar-refractivity contribution in [2.45, 2.75) is 13.3 Å². The summed E-state index contributed by atoms with van der Waals surface area (Å²) in [6, 6.07) is 0. The molecule has 0 fully saturated rings. The molecule has 8 heavy (non-hydrogen) atoms. The molecule has 44 valence electrons. The fourth-order valence-corrected chi connectivity index (χ4v) is 0.589. The molecule has 1 aromatic heterocycles. The molecule has 0 saturated carbocycles. The average Bonchev–Trinajstić information content (AvgIpc) is 2.14. The van der Waals surface area contributed by atoms with E-state index in [1.165, 1.54) is 6.20 Å². The van der Waals surface area contributed by atoms with Crippen molar-refractivity contribution in [3.05, 3.63) is 17.3 Å². The molecule has 1 heterocycles. The molecule has 0 aliphatic rings. The van der Waals surface area contributed by atoms with E-state index in [0.29, 0.717) is 11.1 Å². The number of rotatable bonds is 1. The van der Waals surface area contributed by atoms with Crippen LogP contribution < -0.4 is 0 Å². The lowest BCUT2D eigenvalue weighted by Crippen LogP contribution is -1.73. The third-order valence-corrected chi connectivity index (χ3v) is 1.00. The first kappa shape index (κ1) is 5.63. The van der Waals surface area contributed by atoms with Crippen molar-refractivity contribution in [1.82, 2.24) is 4.98 Å². The summed E-state index contributed by atoms with van der Waals surface area (Å²) >= 11 is 5.41.